The Morgan fingerprint density at radius 2 is 0.843 bits per heavy atom. The fourth-order valence-corrected chi connectivity index (χ4v) is 6.32. The van der Waals surface area contributed by atoms with Gasteiger partial charge in [0.15, 0.2) is 0 Å². The average Bonchev–Trinajstić information content (AvgIpc) is 3.43. The summed E-state index contributed by atoms with van der Waals surface area (Å²) in [6.07, 6.45) is 0. The SMILES string of the molecule is [2H]c1c([2H])c(-c2c([2H])c([2H])c([2H])c3oc4c([2H])c5c([2H])c([2H])c([2H])c([2H])c5c([2H])c4c23)c([2H])c([2H])c1-c1c2c([2H])c([2H])c([2H])c([2H])c2c(-c2c([2H])c([2H])c3c(c2[2H])c([2H])c([2H])c2c([2H])c([2H])c([2H])c([2H])c23)c2c([2H])c([2H])c([2H])c([2H])c12. The lowest BCUT2D eigenvalue weighted by Gasteiger charge is -2.18. The topological polar surface area (TPSA) is 13.1 Å². The monoisotopic (exact) mass is 676 g/mol. The number of furan rings is 1. The molecule has 0 saturated heterocycles. The van der Waals surface area contributed by atoms with Crippen LogP contribution in [0.4, 0.5) is 0 Å². The van der Waals surface area contributed by atoms with Crippen LogP contribution in [-0.4, -0.2) is 0 Å². The Morgan fingerprint density at radius 1 is 0.314 bits per heavy atom. The van der Waals surface area contributed by atoms with Crippen molar-refractivity contribution in [3.05, 3.63) is 181 Å². The summed E-state index contributed by atoms with van der Waals surface area (Å²) in [6, 6.07) is -27.8. The Balaban J connectivity index is 1.35. The van der Waals surface area contributed by atoms with E-state index in [4.69, 9.17) is 27.7 Å². The van der Waals surface area contributed by atoms with Crippen LogP contribution in [-0.2, 0) is 0 Å². The molecule has 10 aromatic carbocycles. The van der Waals surface area contributed by atoms with E-state index in [1.165, 1.54) is 0 Å². The first-order chi connectivity index (χ1) is 37.8. The molecule has 0 unspecified atom stereocenters. The van der Waals surface area contributed by atoms with Gasteiger partial charge >= 0.3 is 0 Å². The van der Waals surface area contributed by atoms with Crippen LogP contribution in [0.1, 0.15) is 41.1 Å². The summed E-state index contributed by atoms with van der Waals surface area (Å²) >= 11 is 0. The minimum atomic E-state index is -1.13. The van der Waals surface area contributed by atoms with Crippen LogP contribution in [0.15, 0.2) is 186 Å². The molecule has 11 rings (SSSR count). The first-order valence-corrected chi connectivity index (χ1v) is 15.2. The third-order valence-corrected chi connectivity index (χ3v) is 8.51. The van der Waals surface area contributed by atoms with E-state index in [0.29, 0.717) is 0 Å². The van der Waals surface area contributed by atoms with E-state index in [0.717, 1.165) is 0 Å². The molecule has 0 fully saturated rings. The zero-order valence-corrected chi connectivity index (χ0v) is 25.4. The summed E-state index contributed by atoms with van der Waals surface area (Å²) in [6.45, 7) is 0. The summed E-state index contributed by atoms with van der Waals surface area (Å²) in [4.78, 5) is 0. The van der Waals surface area contributed by atoms with E-state index in [-0.39, 0.29) is 0 Å². The van der Waals surface area contributed by atoms with Crippen LogP contribution >= 0.6 is 0 Å². The van der Waals surface area contributed by atoms with Crippen molar-refractivity contribution in [1.29, 1.82) is 0 Å². The van der Waals surface area contributed by atoms with Gasteiger partial charge in [0.25, 0.3) is 0 Å². The van der Waals surface area contributed by atoms with Crippen molar-refractivity contribution in [3.8, 4) is 33.4 Å². The van der Waals surface area contributed by atoms with Crippen LogP contribution in [0, 0.1) is 0 Å². The summed E-state index contributed by atoms with van der Waals surface area (Å²) in [5.41, 5.74) is -6.02. The lowest BCUT2D eigenvalue weighted by molar-refractivity contribution is 0.669. The van der Waals surface area contributed by atoms with Gasteiger partial charge in [0.2, 0.25) is 0 Å². The maximum absolute atomic E-state index is 9.73. The van der Waals surface area contributed by atoms with Crippen molar-refractivity contribution in [2.24, 2.45) is 0 Å². The highest BCUT2D eigenvalue weighted by Gasteiger charge is 2.18. The molecule has 0 radical (unpaired) electrons. The highest BCUT2D eigenvalue weighted by molar-refractivity contribution is 6.22. The van der Waals surface area contributed by atoms with Gasteiger partial charge in [0, 0.05) is 10.8 Å². The molecule has 51 heavy (non-hydrogen) atoms. The molecule has 1 heterocycles. The van der Waals surface area contributed by atoms with Gasteiger partial charge in [-0.1, -0.05) is 157 Å². The van der Waals surface area contributed by atoms with Crippen molar-refractivity contribution >= 4 is 75.8 Å². The summed E-state index contributed by atoms with van der Waals surface area (Å²) in [5, 5.41) is -7.39. The van der Waals surface area contributed by atoms with E-state index in [1.807, 2.05) is 0 Å². The Kier molecular flexibility index (Phi) is 2.50. The summed E-state index contributed by atoms with van der Waals surface area (Å²) in [5.74, 6) is 0. The smallest absolute Gasteiger partial charge is 0.136 e. The summed E-state index contributed by atoms with van der Waals surface area (Å²) in [7, 11) is 0. The molecule has 0 bridgehead atoms. The van der Waals surface area contributed by atoms with Gasteiger partial charge in [-0.3, -0.25) is 0 Å². The van der Waals surface area contributed by atoms with E-state index in [9.17, 15) is 17.8 Å². The minimum absolute atomic E-state index is 0.466. The molecule has 0 N–H and O–H groups in total. The van der Waals surface area contributed by atoms with Gasteiger partial charge in [0.1, 0.15) is 11.2 Å². The van der Waals surface area contributed by atoms with Crippen LogP contribution in [0.2, 0.25) is 0 Å². The van der Waals surface area contributed by atoms with Crippen LogP contribution in [0.5, 0.6) is 0 Å². The second-order valence-electron chi connectivity index (χ2n) is 11.3. The number of hydrogen-bond acceptors (Lipinski definition) is 1. The van der Waals surface area contributed by atoms with Gasteiger partial charge in [-0.25, -0.2) is 0 Å². The fraction of sp³-hybridized carbons (Fsp3) is 0. The predicted octanol–water partition coefficient (Wildman–Crippen LogP) is 14.4. The predicted molar refractivity (Wildman–Crippen MR) is 218 cm³/mol. The van der Waals surface area contributed by atoms with Gasteiger partial charge in [-0.15, -0.1) is 0 Å². The standard InChI is InChI=1S/C50H30O/c1-2-12-35-30-47-45(29-34(35)11-1)50-40(18-9-19-46(50)51-47)32-20-23-33(24-21-32)48-41-14-5-7-16-43(41)49(44-17-8-6-15-42(44)48)37-26-27-39-36(28-37)25-22-31-10-3-4-13-38(31)39/h1-30H/i1D,2D,3D,4D,5D,6D,7D,8D,9D,10D,11D,12D,13D,14D,15D,16D,17D,18D,19D,20D,21D,22D,23D,24D,25D,26D,27D,28D,29D,30D. The lowest BCUT2D eigenvalue weighted by Crippen LogP contribution is -1.91. The second kappa shape index (κ2) is 10.9. The van der Waals surface area contributed by atoms with Gasteiger partial charge < -0.3 is 4.42 Å². The molecule has 236 valence electrons. The normalized spacial score (nSPS) is 20.2. The molecule has 0 spiro atoms. The maximum Gasteiger partial charge on any atom is 0.136 e. The van der Waals surface area contributed by atoms with Crippen LogP contribution in [0.3, 0.4) is 0 Å². The number of benzene rings is 10. The Morgan fingerprint density at radius 3 is 1.55 bits per heavy atom. The van der Waals surface area contributed by atoms with Crippen molar-refractivity contribution in [3.63, 3.8) is 0 Å². The molecule has 1 aromatic heterocycles. The third kappa shape index (κ3) is 4.28. The fourth-order valence-electron chi connectivity index (χ4n) is 6.32. The van der Waals surface area contributed by atoms with E-state index in [1.54, 1.807) is 0 Å². The number of rotatable bonds is 3. The Hall–Kier alpha value is -6.70. The zero-order valence-electron chi connectivity index (χ0n) is 55.4. The van der Waals surface area contributed by atoms with Gasteiger partial charge in [-0.05, 0) is 111 Å². The van der Waals surface area contributed by atoms with Crippen molar-refractivity contribution in [1.82, 2.24) is 0 Å². The largest absolute Gasteiger partial charge is 0.456 e. The average molecular weight is 677 g/mol. The van der Waals surface area contributed by atoms with Gasteiger partial charge in [0.05, 0.1) is 41.1 Å². The zero-order chi connectivity index (χ0) is 59.6. The molecule has 0 aliphatic heterocycles. The van der Waals surface area contributed by atoms with E-state index in [2.05, 4.69) is 0 Å². The van der Waals surface area contributed by atoms with Crippen molar-refractivity contribution in [2.45, 2.75) is 0 Å². The molecule has 11 aromatic rings. The molecule has 0 saturated carbocycles. The molecule has 0 aliphatic carbocycles. The highest BCUT2D eigenvalue weighted by Crippen LogP contribution is 2.45. The van der Waals surface area contributed by atoms with E-state index >= 15 is 0 Å². The maximum atomic E-state index is 9.73. The molecular weight excluding hydrogens is 617 g/mol. The molecule has 1 nitrogen and oxygen atoms in total. The quantitative estimate of drug-likeness (QED) is 0.134. The first kappa shape index (κ1) is 11.7. The second-order valence-corrected chi connectivity index (χ2v) is 11.3. The highest BCUT2D eigenvalue weighted by atomic mass is 16.3. The van der Waals surface area contributed by atoms with E-state index < -0.39 is 290 Å². The van der Waals surface area contributed by atoms with Gasteiger partial charge in [-0.2, -0.15) is 0 Å². The molecule has 0 amide bonds. The molecule has 1 heteroatoms. The number of hydrogen-bond donors (Lipinski definition) is 0. The molecule has 0 atom stereocenters. The third-order valence-electron chi connectivity index (χ3n) is 8.51. The van der Waals surface area contributed by atoms with Crippen molar-refractivity contribution < 1.29 is 45.5 Å². The van der Waals surface area contributed by atoms with Crippen LogP contribution < -0.4 is 0 Å². The summed E-state index contributed by atoms with van der Waals surface area (Å²) < 4.78 is 278. The number of fused-ring (bicyclic) bond motifs is 9. The van der Waals surface area contributed by atoms with Crippen LogP contribution in [0.25, 0.3) is 109 Å². The Bertz CT molecular complexity index is 4820. The Labute approximate surface area is 336 Å². The first-order valence-electron chi connectivity index (χ1n) is 30.2. The van der Waals surface area contributed by atoms with Crippen molar-refractivity contribution in [2.75, 3.05) is 0 Å². The lowest BCUT2D eigenvalue weighted by atomic mass is 9.85. The molecule has 0 aliphatic rings. The molecular formula is C50H30O. The minimum Gasteiger partial charge on any atom is -0.456 e.